The second kappa shape index (κ2) is 8.55. The summed E-state index contributed by atoms with van der Waals surface area (Å²) in [6, 6.07) is 7.32. The number of benzene rings is 1. The third-order valence-corrected chi connectivity index (χ3v) is 5.70. The van der Waals surface area contributed by atoms with E-state index in [0.29, 0.717) is 10.6 Å². The molecule has 0 bridgehead atoms. The quantitative estimate of drug-likeness (QED) is 0.671. The first-order valence-electron chi connectivity index (χ1n) is 7.91. The van der Waals surface area contributed by atoms with Gasteiger partial charge in [-0.25, -0.2) is 13.1 Å². The van der Waals surface area contributed by atoms with Crippen LogP contribution in [0.3, 0.4) is 0 Å². The number of carbonyl (C=O) groups is 2. The topological polar surface area (TPSA) is 106 Å². The van der Waals surface area contributed by atoms with E-state index in [1.165, 1.54) is 31.0 Å². The lowest BCUT2D eigenvalue weighted by Gasteiger charge is -2.19. The monoisotopic (exact) mass is 413 g/mol. The summed E-state index contributed by atoms with van der Waals surface area (Å²) in [5, 5.41) is 3.11. The van der Waals surface area contributed by atoms with Crippen molar-refractivity contribution in [3.05, 3.63) is 52.8 Å². The summed E-state index contributed by atoms with van der Waals surface area (Å²) in [5.41, 5.74) is 0.668. The van der Waals surface area contributed by atoms with E-state index in [1.54, 1.807) is 31.3 Å². The van der Waals surface area contributed by atoms with E-state index in [4.69, 9.17) is 16.3 Å². The van der Waals surface area contributed by atoms with E-state index in [1.807, 2.05) is 0 Å². The number of nitrogens with one attached hydrogen (secondary N) is 2. The number of nitrogens with zero attached hydrogens (tertiary/aromatic N) is 1. The van der Waals surface area contributed by atoms with Crippen LogP contribution in [0.1, 0.15) is 28.5 Å². The lowest BCUT2D eigenvalue weighted by atomic mass is 10.0. The second-order valence-electron chi connectivity index (χ2n) is 5.71. The van der Waals surface area contributed by atoms with Crippen molar-refractivity contribution in [3.63, 3.8) is 0 Å². The van der Waals surface area contributed by atoms with Crippen molar-refractivity contribution in [2.24, 2.45) is 7.05 Å². The Morgan fingerprint density at radius 1 is 1.30 bits per heavy atom. The van der Waals surface area contributed by atoms with Crippen LogP contribution in [-0.2, 0) is 26.6 Å². The fourth-order valence-electron chi connectivity index (χ4n) is 2.50. The average Bonchev–Trinajstić information content (AvgIpc) is 3.04. The normalized spacial score (nSPS) is 12.4. The van der Waals surface area contributed by atoms with Gasteiger partial charge in [0.15, 0.2) is 0 Å². The van der Waals surface area contributed by atoms with E-state index in [-0.39, 0.29) is 17.0 Å². The molecular formula is C17H20ClN3O5S. The van der Waals surface area contributed by atoms with Gasteiger partial charge in [-0.3, -0.25) is 9.59 Å². The molecule has 1 unspecified atom stereocenters. The number of rotatable bonds is 7. The minimum atomic E-state index is -3.69. The molecule has 8 nitrogen and oxygen atoms in total. The van der Waals surface area contributed by atoms with Crippen molar-refractivity contribution in [1.82, 2.24) is 14.6 Å². The Balaban J connectivity index is 2.34. The number of aromatic nitrogens is 1. The zero-order valence-electron chi connectivity index (χ0n) is 15.0. The van der Waals surface area contributed by atoms with Crippen LogP contribution >= 0.6 is 11.6 Å². The molecule has 1 heterocycles. The van der Waals surface area contributed by atoms with Crippen molar-refractivity contribution < 1.29 is 22.7 Å². The molecule has 2 rings (SSSR count). The van der Waals surface area contributed by atoms with Gasteiger partial charge in [0.1, 0.15) is 10.6 Å². The Bertz CT molecular complexity index is 955. The van der Waals surface area contributed by atoms with Gasteiger partial charge < -0.3 is 14.6 Å². The van der Waals surface area contributed by atoms with Gasteiger partial charge in [0, 0.05) is 18.3 Å². The molecule has 0 aliphatic carbocycles. The van der Waals surface area contributed by atoms with Gasteiger partial charge in [-0.15, -0.1) is 0 Å². The van der Waals surface area contributed by atoms with Crippen molar-refractivity contribution in [2.45, 2.75) is 17.4 Å². The Hall–Kier alpha value is -2.36. The molecule has 0 radical (unpaired) electrons. The molecule has 0 spiro atoms. The molecule has 1 amide bonds. The first kappa shape index (κ1) is 20.9. The second-order valence-corrected chi connectivity index (χ2v) is 8.00. The lowest BCUT2D eigenvalue weighted by molar-refractivity contribution is -0.141. The maximum Gasteiger partial charge on any atom is 0.307 e. The number of ether oxygens (including phenoxy) is 1. The minimum Gasteiger partial charge on any atom is -0.469 e. The molecule has 0 aliphatic heterocycles. The number of methoxy groups -OCH3 is 1. The van der Waals surface area contributed by atoms with Crippen molar-refractivity contribution >= 4 is 33.5 Å². The Morgan fingerprint density at radius 2 is 1.96 bits per heavy atom. The molecule has 27 heavy (non-hydrogen) atoms. The Labute approximate surface area is 162 Å². The number of carbonyl (C=O) groups excluding carboxylic acids is 2. The van der Waals surface area contributed by atoms with Gasteiger partial charge in [0.05, 0.1) is 19.6 Å². The predicted octanol–water partition coefficient (Wildman–Crippen LogP) is 1.62. The van der Waals surface area contributed by atoms with Crippen LogP contribution in [0.5, 0.6) is 0 Å². The highest BCUT2D eigenvalue weighted by molar-refractivity contribution is 7.89. The number of hydrogen-bond donors (Lipinski definition) is 2. The molecule has 10 heteroatoms. The highest BCUT2D eigenvalue weighted by Crippen LogP contribution is 2.26. The first-order chi connectivity index (χ1) is 12.7. The fourth-order valence-corrected chi connectivity index (χ4v) is 3.57. The molecule has 1 aromatic heterocycles. The molecule has 0 saturated heterocycles. The molecule has 1 atom stereocenters. The minimum absolute atomic E-state index is 0.0417. The van der Waals surface area contributed by atoms with E-state index < -0.39 is 27.9 Å². The van der Waals surface area contributed by atoms with Crippen LogP contribution in [0.15, 0.2) is 41.4 Å². The summed E-state index contributed by atoms with van der Waals surface area (Å²) < 4.78 is 32.1. The molecule has 146 valence electrons. The van der Waals surface area contributed by atoms with Crippen LogP contribution in [0.25, 0.3) is 0 Å². The number of aryl methyl sites for hydroxylation is 1. The maximum atomic E-state index is 12.7. The summed E-state index contributed by atoms with van der Waals surface area (Å²) >= 11 is 6.19. The summed E-state index contributed by atoms with van der Waals surface area (Å²) in [7, 11) is 0.394. The van der Waals surface area contributed by atoms with Gasteiger partial charge in [0.2, 0.25) is 10.0 Å². The highest BCUT2D eigenvalue weighted by Gasteiger charge is 2.24. The van der Waals surface area contributed by atoms with E-state index in [9.17, 15) is 18.0 Å². The van der Waals surface area contributed by atoms with Crippen LogP contribution in [0.2, 0.25) is 5.02 Å². The Kier molecular flexibility index (Phi) is 6.63. The smallest absolute Gasteiger partial charge is 0.307 e. The molecule has 0 saturated carbocycles. The van der Waals surface area contributed by atoms with Gasteiger partial charge in [-0.05, 0) is 24.7 Å². The summed E-state index contributed by atoms with van der Waals surface area (Å²) in [5.74, 6) is -1.07. The zero-order chi connectivity index (χ0) is 20.2. The molecule has 1 aromatic carbocycles. The van der Waals surface area contributed by atoms with Crippen molar-refractivity contribution in [1.29, 1.82) is 0 Å². The summed E-state index contributed by atoms with van der Waals surface area (Å²) in [4.78, 5) is 24.4. The molecule has 0 aliphatic rings. The number of hydrogen-bond acceptors (Lipinski definition) is 5. The third-order valence-electron chi connectivity index (χ3n) is 3.98. The summed E-state index contributed by atoms with van der Waals surface area (Å²) in [6.07, 6.45) is 1.20. The average molecular weight is 414 g/mol. The largest absolute Gasteiger partial charge is 0.469 e. The Morgan fingerprint density at radius 3 is 2.56 bits per heavy atom. The van der Waals surface area contributed by atoms with E-state index in [2.05, 4.69) is 10.0 Å². The molecule has 2 aromatic rings. The molecular weight excluding hydrogens is 394 g/mol. The van der Waals surface area contributed by atoms with Gasteiger partial charge >= 0.3 is 5.97 Å². The predicted molar refractivity (Wildman–Crippen MR) is 100.0 cm³/mol. The molecule has 2 N–H and O–H groups in total. The standard InChI is InChI=1S/C17H20ClN3O5S/c1-19-27(24,25)11-8-15(21(2)10-11)17(23)20-14(9-16(22)26-3)12-6-4-5-7-13(12)18/h4-8,10,14,19H,9H2,1-3H3,(H,20,23). The lowest BCUT2D eigenvalue weighted by Crippen LogP contribution is -2.31. The van der Waals surface area contributed by atoms with E-state index >= 15 is 0 Å². The number of esters is 1. The van der Waals surface area contributed by atoms with Crippen LogP contribution < -0.4 is 10.0 Å². The number of sulfonamides is 1. The first-order valence-corrected chi connectivity index (χ1v) is 9.77. The van der Waals surface area contributed by atoms with Gasteiger partial charge in [-0.1, -0.05) is 29.8 Å². The number of amides is 1. The van der Waals surface area contributed by atoms with Crippen LogP contribution in [0, 0.1) is 0 Å². The van der Waals surface area contributed by atoms with Crippen molar-refractivity contribution in [3.8, 4) is 0 Å². The van der Waals surface area contributed by atoms with Gasteiger partial charge in [0.25, 0.3) is 5.91 Å². The van der Waals surface area contributed by atoms with Crippen molar-refractivity contribution in [2.75, 3.05) is 14.2 Å². The van der Waals surface area contributed by atoms with Crippen LogP contribution in [-0.4, -0.2) is 39.0 Å². The molecule has 0 fully saturated rings. The zero-order valence-corrected chi connectivity index (χ0v) is 16.6. The van der Waals surface area contributed by atoms with E-state index in [0.717, 1.165) is 0 Å². The maximum absolute atomic E-state index is 12.7. The third kappa shape index (κ3) is 4.88. The fraction of sp³-hybridized carbons (Fsp3) is 0.294. The SMILES string of the molecule is CNS(=O)(=O)c1cc(C(=O)NC(CC(=O)OC)c2ccccc2Cl)n(C)c1. The summed E-state index contributed by atoms with van der Waals surface area (Å²) in [6.45, 7) is 0. The highest BCUT2D eigenvalue weighted by atomic mass is 35.5. The van der Waals surface area contributed by atoms with Crippen LogP contribution in [0.4, 0.5) is 0 Å². The number of halogens is 1. The van der Waals surface area contributed by atoms with Gasteiger partial charge in [-0.2, -0.15) is 0 Å².